The maximum atomic E-state index is 12.0. The Kier molecular flexibility index (Phi) is 7.37. The van der Waals surface area contributed by atoms with E-state index in [0.29, 0.717) is 30.0 Å². The molecule has 2 aromatic carbocycles. The maximum absolute atomic E-state index is 12.0. The van der Waals surface area contributed by atoms with Crippen LogP contribution in [0.3, 0.4) is 0 Å². The zero-order valence-corrected chi connectivity index (χ0v) is 15.2. The van der Waals surface area contributed by atoms with Crippen molar-refractivity contribution in [1.82, 2.24) is 5.32 Å². The van der Waals surface area contributed by atoms with Crippen molar-refractivity contribution in [2.45, 2.75) is 26.3 Å². The summed E-state index contributed by atoms with van der Waals surface area (Å²) in [5.41, 5.74) is 7.07. The van der Waals surface area contributed by atoms with Gasteiger partial charge < -0.3 is 21.1 Å². The van der Waals surface area contributed by atoms with Crippen LogP contribution in [0, 0.1) is 0 Å². The first-order chi connectivity index (χ1) is 13.0. The Balaban J connectivity index is 1.82. The van der Waals surface area contributed by atoms with Gasteiger partial charge in [-0.1, -0.05) is 25.1 Å². The third-order valence-electron chi connectivity index (χ3n) is 3.67. The number of primary amides is 1. The molecule has 3 amide bonds. The van der Waals surface area contributed by atoms with Crippen LogP contribution in [0.4, 0.5) is 5.69 Å². The molecule has 7 heteroatoms. The lowest BCUT2D eigenvalue weighted by Gasteiger charge is -2.10. The third-order valence-corrected chi connectivity index (χ3v) is 3.67. The van der Waals surface area contributed by atoms with E-state index in [1.165, 1.54) is 6.07 Å². The fourth-order valence-corrected chi connectivity index (χ4v) is 2.35. The number of hydrogen-bond donors (Lipinski definition) is 3. The predicted molar refractivity (Wildman–Crippen MR) is 102 cm³/mol. The zero-order valence-electron chi connectivity index (χ0n) is 15.2. The molecule has 0 saturated heterocycles. The number of carbonyl (C=O) groups excluding carboxylic acids is 3. The summed E-state index contributed by atoms with van der Waals surface area (Å²) in [5, 5.41) is 5.56. The SMILES string of the molecule is CCCC(=O)Nc1cccc(CNC(=O)COc2cccc(C(N)=O)c2)c1. The van der Waals surface area contributed by atoms with E-state index in [1.54, 1.807) is 24.3 Å². The van der Waals surface area contributed by atoms with Gasteiger partial charge in [-0.05, 0) is 42.3 Å². The van der Waals surface area contributed by atoms with E-state index < -0.39 is 5.91 Å². The van der Waals surface area contributed by atoms with Crippen molar-refractivity contribution in [2.75, 3.05) is 11.9 Å². The van der Waals surface area contributed by atoms with E-state index in [-0.39, 0.29) is 18.4 Å². The summed E-state index contributed by atoms with van der Waals surface area (Å²) in [6, 6.07) is 13.6. The average Bonchev–Trinajstić information content (AvgIpc) is 2.65. The van der Waals surface area contributed by atoms with Crippen LogP contribution in [-0.2, 0) is 16.1 Å². The minimum Gasteiger partial charge on any atom is -0.484 e. The lowest BCUT2D eigenvalue weighted by atomic mass is 10.2. The van der Waals surface area contributed by atoms with Gasteiger partial charge in [-0.15, -0.1) is 0 Å². The Bertz CT molecular complexity index is 820. The summed E-state index contributed by atoms with van der Waals surface area (Å²) in [7, 11) is 0. The van der Waals surface area contributed by atoms with Crippen molar-refractivity contribution in [3.63, 3.8) is 0 Å². The number of nitrogens with one attached hydrogen (secondary N) is 2. The molecule has 0 heterocycles. The van der Waals surface area contributed by atoms with E-state index in [4.69, 9.17) is 10.5 Å². The van der Waals surface area contributed by atoms with Gasteiger partial charge in [0.05, 0.1) is 0 Å². The number of ether oxygens (including phenoxy) is 1. The molecule has 4 N–H and O–H groups in total. The minimum absolute atomic E-state index is 0.0368. The van der Waals surface area contributed by atoms with Gasteiger partial charge in [0.2, 0.25) is 11.8 Å². The quantitative estimate of drug-likeness (QED) is 0.629. The standard InChI is InChI=1S/C20H23N3O4/c1-2-5-18(24)23-16-8-3-6-14(10-16)12-22-19(25)13-27-17-9-4-7-15(11-17)20(21)26/h3-4,6-11H,2,5,12-13H2,1H3,(H2,21,26)(H,22,25)(H,23,24). The topological polar surface area (TPSA) is 111 Å². The number of benzene rings is 2. The Morgan fingerprint density at radius 3 is 2.56 bits per heavy atom. The van der Waals surface area contributed by atoms with Crippen LogP contribution >= 0.6 is 0 Å². The number of hydrogen-bond acceptors (Lipinski definition) is 4. The normalized spacial score (nSPS) is 10.1. The van der Waals surface area contributed by atoms with E-state index in [0.717, 1.165) is 12.0 Å². The van der Waals surface area contributed by atoms with Crippen LogP contribution in [0.2, 0.25) is 0 Å². The molecule has 2 aromatic rings. The van der Waals surface area contributed by atoms with Gasteiger partial charge in [-0.2, -0.15) is 0 Å². The molecule has 0 aliphatic heterocycles. The molecular formula is C20H23N3O4. The molecule has 142 valence electrons. The van der Waals surface area contributed by atoms with Crippen LogP contribution in [0.5, 0.6) is 5.75 Å². The Labute approximate surface area is 157 Å². The zero-order chi connectivity index (χ0) is 19.6. The summed E-state index contributed by atoms with van der Waals surface area (Å²) in [6.07, 6.45) is 1.25. The van der Waals surface area contributed by atoms with Gasteiger partial charge in [0, 0.05) is 24.2 Å². The van der Waals surface area contributed by atoms with Crippen LogP contribution in [0.1, 0.15) is 35.7 Å². The molecule has 2 rings (SSSR count). The molecule has 27 heavy (non-hydrogen) atoms. The highest BCUT2D eigenvalue weighted by molar-refractivity contribution is 5.93. The van der Waals surface area contributed by atoms with Crippen LogP contribution in [0.15, 0.2) is 48.5 Å². The first-order valence-electron chi connectivity index (χ1n) is 8.66. The number of carbonyl (C=O) groups is 3. The summed E-state index contributed by atoms with van der Waals surface area (Å²) >= 11 is 0. The second kappa shape index (κ2) is 9.96. The van der Waals surface area contributed by atoms with Gasteiger partial charge in [0.25, 0.3) is 5.91 Å². The first-order valence-corrected chi connectivity index (χ1v) is 8.66. The number of rotatable bonds is 9. The molecule has 0 saturated carbocycles. The molecule has 0 bridgehead atoms. The van der Waals surface area contributed by atoms with Crippen LogP contribution in [0.25, 0.3) is 0 Å². The largest absolute Gasteiger partial charge is 0.484 e. The number of amides is 3. The molecule has 0 unspecified atom stereocenters. The summed E-state index contributed by atoms with van der Waals surface area (Å²) in [4.78, 5) is 34.8. The van der Waals surface area contributed by atoms with Gasteiger partial charge >= 0.3 is 0 Å². The van der Waals surface area contributed by atoms with Crippen LogP contribution < -0.4 is 21.1 Å². The summed E-state index contributed by atoms with van der Waals surface area (Å²) in [5.74, 6) is -0.511. The fraction of sp³-hybridized carbons (Fsp3) is 0.250. The third kappa shape index (κ3) is 6.81. The lowest BCUT2D eigenvalue weighted by molar-refractivity contribution is -0.123. The van der Waals surface area contributed by atoms with E-state index in [2.05, 4.69) is 10.6 Å². The Morgan fingerprint density at radius 1 is 1.04 bits per heavy atom. The van der Waals surface area contributed by atoms with Crippen molar-refractivity contribution in [2.24, 2.45) is 5.73 Å². The van der Waals surface area contributed by atoms with Crippen molar-refractivity contribution < 1.29 is 19.1 Å². The molecule has 0 fully saturated rings. The highest BCUT2D eigenvalue weighted by Gasteiger charge is 2.06. The van der Waals surface area contributed by atoms with Crippen molar-refractivity contribution in [1.29, 1.82) is 0 Å². The Hall–Kier alpha value is -3.35. The second-order valence-corrected chi connectivity index (χ2v) is 5.96. The van der Waals surface area contributed by atoms with Crippen molar-refractivity contribution >= 4 is 23.4 Å². The highest BCUT2D eigenvalue weighted by atomic mass is 16.5. The minimum atomic E-state index is -0.559. The molecule has 0 atom stereocenters. The van der Waals surface area contributed by atoms with E-state index >= 15 is 0 Å². The highest BCUT2D eigenvalue weighted by Crippen LogP contribution is 2.13. The summed E-state index contributed by atoms with van der Waals surface area (Å²) in [6.45, 7) is 2.06. The van der Waals surface area contributed by atoms with Gasteiger partial charge in [-0.25, -0.2) is 0 Å². The van der Waals surface area contributed by atoms with E-state index in [1.807, 2.05) is 25.1 Å². The molecule has 0 spiro atoms. The van der Waals surface area contributed by atoms with E-state index in [9.17, 15) is 14.4 Å². The monoisotopic (exact) mass is 369 g/mol. The van der Waals surface area contributed by atoms with Gasteiger partial charge in [0.15, 0.2) is 6.61 Å². The maximum Gasteiger partial charge on any atom is 0.258 e. The smallest absolute Gasteiger partial charge is 0.258 e. The molecule has 7 nitrogen and oxygen atoms in total. The van der Waals surface area contributed by atoms with Crippen molar-refractivity contribution in [3.05, 3.63) is 59.7 Å². The molecule has 0 radical (unpaired) electrons. The number of anilines is 1. The van der Waals surface area contributed by atoms with Gasteiger partial charge in [0.1, 0.15) is 5.75 Å². The predicted octanol–water partition coefficient (Wildman–Crippen LogP) is 2.22. The van der Waals surface area contributed by atoms with Crippen LogP contribution in [-0.4, -0.2) is 24.3 Å². The molecule has 0 aromatic heterocycles. The molecule has 0 aliphatic rings. The van der Waals surface area contributed by atoms with Crippen molar-refractivity contribution in [3.8, 4) is 5.75 Å². The fourth-order valence-electron chi connectivity index (χ4n) is 2.35. The molecule has 0 aliphatic carbocycles. The first kappa shape index (κ1) is 20.0. The second-order valence-electron chi connectivity index (χ2n) is 5.96. The number of nitrogens with two attached hydrogens (primary N) is 1. The molecular weight excluding hydrogens is 346 g/mol. The lowest BCUT2D eigenvalue weighted by Crippen LogP contribution is -2.28. The Morgan fingerprint density at radius 2 is 1.81 bits per heavy atom. The average molecular weight is 369 g/mol. The van der Waals surface area contributed by atoms with Gasteiger partial charge in [-0.3, -0.25) is 14.4 Å². The summed E-state index contributed by atoms with van der Waals surface area (Å²) < 4.78 is 5.37.